The van der Waals surface area contributed by atoms with E-state index in [0.717, 1.165) is 32.2 Å². The van der Waals surface area contributed by atoms with Gasteiger partial charge in [-0.05, 0) is 36.8 Å². The zero-order valence-electron chi connectivity index (χ0n) is 11.6. The molecular formula is C16H19NO3. The van der Waals surface area contributed by atoms with Crippen molar-refractivity contribution in [3.63, 3.8) is 0 Å². The number of hydrogen-bond acceptors (Lipinski definition) is 3. The highest BCUT2D eigenvalue weighted by atomic mass is 16.5. The number of hydrogen-bond donors (Lipinski definition) is 0. The molecule has 0 radical (unpaired) electrons. The van der Waals surface area contributed by atoms with Crippen LogP contribution in [0.1, 0.15) is 38.5 Å². The van der Waals surface area contributed by atoms with Crippen molar-refractivity contribution in [2.75, 3.05) is 13.2 Å². The smallest absolute Gasteiger partial charge is 0.310 e. The minimum absolute atomic E-state index is 0.132. The Bertz CT molecular complexity index is 548. The summed E-state index contributed by atoms with van der Waals surface area (Å²) in [7, 11) is 0. The zero-order valence-corrected chi connectivity index (χ0v) is 11.6. The molecule has 20 heavy (non-hydrogen) atoms. The zero-order chi connectivity index (χ0) is 13.7. The Morgan fingerprint density at radius 1 is 1.35 bits per heavy atom. The largest absolute Gasteiger partial charge is 0.461 e. The Morgan fingerprint density at radius 3 is 3.15 bits per heavy atom. The molecule has 106 valence electrons. The first-order chi connectivity index (χ1) is 9.72. The van der Waals surface area contributed by atoms with Gasteiger partial charge in [-0.15, -0.1) is 0 Å². The number of esters is 1. The maximum atomic E-state index is 12.4. The molecule has 4 heteroatoms. The van der Waals surface area contributed by atoms with Crippen LogP contribution in [0.15, 0.2) is 23.3 Å². The maximum absolute atomic E-state index is 12.4. The van der Waals surface area contributed by atoms with Crippen LogP contribution in [0.3, 0.4) is 0 Å². The molecule has 0 aromatic carbocycles. The molecule has 1 aliphatic carbocycles. The molecule has 3 heterocycles. The van der Waals surface area contributed by atoms with Gasteiger partial charge < -0.3 is 9.64 Å². The summed E-state index contributed by atoms with van der Waals surface area (Å²) in [6.45, 7) is 1.26. The Hall–Kier alpha value is -1.58. The fourth-order valence-corrected chi connectivity index (χ4v) is 4.57. The minimum Gasteiger partial charge on any atom is -0.461 e. The highest BCUT2D eigenvalue weighted by molar-refractivity contribution is 5.84. The van der Waals surface area contributed by atoms with Gasteiger partial charge in [-0.25, -0.2) is 0 Å². The average Bonchev–Trinajstić information content (AvgIpc) is 2.64. The lowest BCUT2D eigenvalue weighted by Crippen LogP contribution is -2.52. The molecule has 4 nitrogen and oxygen atoms in total. The number of amides is 1. The van der Waals surface area contributed by atoms with Gasteiger partial charge in [-0.1, -0.05) is 12.2 Å². The van der Waals surface area contributed by atoms with Crippen molar-refractivity contribution in [1.29, 1.82) is 0 Å². The lowest BCUT2D eigenvalue weighted by Gasteiger charge is -2.45. The lowest BCUT2D eigenvalue weighted by atomic mass is 9.69. The summed E-state index contributed by atoms with van der Waals surface area (Å²) in [5.74, 6) is 0.375. The van der Waals surface area contributed by atoms with Crippen molar-refractivity contribution in [1.82, 2.24) is 4.90 Å². The predicted octanol–water partition coefficient (Wildman–Crippen LogP) is 1.96. The highest BCUT2D eigenvalue weighted by Crippen LogP contribution is 2.51. The van der Waals surface area contributed by atoms with Crippen LogP contribution in [0.2, 0.25) is 0 Å². The molecule has 3 aliphatic heterocycles. The quantitative estimate of drug-likeness (QED) is 0.500. The summed E-state index contributed by atoms with van der Waals surface area (Å²) in [6, 6.07) is 0. The monoisotopic (exact) mass is 273 g/mol. The fraction of sp³-hybridized carbons (Fsp3) is 0.625. The van der Waals surface area contributed by atoms with Crippen molar-refractivity contribution >= 4 is 11.9 Å². The fourth-order valence-electron chi connectivity index (χ4n) is 4.57. The van der Waals surface area contributed by atoms with Gasteiger partial charge >= 0.3 is 5.97 Å². The number of cyclic esters (lactones) is 1. The Balaban J connectivity index is 1.89. The number of ether oxygens (including phenoxy) is 1. The predicted molar refractivity (Wildman–Crippen MR) is 72.8 cm³/mol. The summed E-state index contributed by atoms with van der Waals surface area (Å²) < 4.78 is 5.24. The van der Waals surface area contributed by atoms with Crippen LogP contribution in [0.4, 0.5) is 0 Å². The number of carbonyl (C=O) groups excluding carboxylic acids is 2. The second-order valence-corrected chi connectivity index (χ2v) is 6.27. The molecular weight excluding hydrogens is 254 g/mol. The number of rotatable bonds is 0. The van der Waals surface area contributed by atoms with Crippen LogP contribution in [0, 0.1) is 5.92 Å². The minimum atomic E-state index is -0.211. The van der Waals surface area contributed by atoms with Gasteiger partial charge in [0.1, 0.15) is 6.61 Å². The van der Waals surface area contributed by atoms with E-state index in [-0.39, 0.29) is 23.3 Å². The molecule has 1 spiro atoms. The summed E-state index contributed by atoms with van der Waals surface area (Å²) in [5.41, 5.74) is 2.28. The molecule has 0 saturated carbocycles. The van der Waals surface area contributed by atoms with Crippen molar-refractivity contribution in [3.8, 4) is 0 Å². The van der Waals surface area contributed by atoms with E-state index in [1.807, 2.05) is 0 Å². The molecule has 0 aromatic heterocycles. The molecule has 0 N–H and O–H groups in total. The molecule has 2 atom stereocenters. The molecule has 0 unspecified atom stereocenters. The number of nitrogens with zero attached hydrogens (tertiary/aromatic N) is 1. The van der Waals surface area contributed by atoms with Crippen LogP contribution in [0.25, 0.3) is 0 Å². The first-order valence-corrected chi connectivity index (χ1v) is 7.56. The average molecular weight is 273 g/mol. The van der Waals surface area contributed by atoms with Crippen LogP contribution in [-0.2, 0) is 14.3 Å². The van der Waals surface area contributed by atoms with Crippen LogP contribution in [-0.4, -0.2) is 35.5 Å². The van der Waals surface area contributed by atoms with Gasteiger partial charge in [-0.2, -0.15) is 0 Å². The third-order valence-electron chi connectivity index (χ3n) is 5.39. The van der Waals surface area contributed by atoms with Crippen LogP contribution in [0.5, 0.6) is 0 Å². The summed E-state index contributed by atoms with van der Waals surface area (Å²) >= 11 is 0. The second kappa shape index (κ2) is 4.21. The van der Waals surface area contributed by atoms with Crippen LogP contribution >= 0.6 is 0 Å². The van der Waals surface area contributed by atoms with Gasteiger partial charge in [0.15, 0.2) is 0 Å². The van der Waals surface area contributed by atoms with E-state index in [9.17, 15) is 9.59 Å². The summed E-state index contributed by atoms with van der Waals surface area (Å²) in [6.07, 6.45) is 9.28. The van der Waals surface area contributed by atoms with Gasteiger partial charge in [0, 0.05) is 18.9 Å². The van der Waals surface area contributed by atoms with Gasteiger partial charge in [-0.3, -0.25) is 9.59 Å². The lowest BCUT2D eigenvalue weighted by molar-refractivity contribution is -0.144. The van der Waals surface area contributed by atoms with E-state index < -0.39 is 0 Å². The van der Waals surface area contributed by atoms with Crippen molar-refractivity contribution < 1.29 is 14.3 Å². The van der Waals surface area contributed by atoms with Crippen molar-refractivity contribution in [3.05, 3.63) is 23.3 Å². The molecule has 1 amide bonds. The molecule has 0 aromatic rings. The third kappa shape index (κ3) is 1.48. The molecule has 1 fully saturated rings. The number of allylic oxidation sites excluding steroid dienone is 1. The first kappa shape index (κ1) is 12.2. The standard InChI is InChI=1S/C16H19NO3/c18-14-8-12-5-1-2-6-16(12)13-9-15(19)20-10-11(13)4-3-7-17(14)16/h1,5,12H,2-4,6-10H2/t12-,16+/m1/s1. The third-order valence-corrected chi connectivity index (χ3v) is 5.39. The normalized spacial score (nSPS) is 36.2. The van der Waals surface area contributed by atoms with E-state index in [4.69, 9.17) is 4.74 Å². The molecule has 4 aliphatic rings. The molecule has 0 bridgehead atoms. The van der Waals surface area contributed by atoms with E-state index in [1.165, 1.54) is 11.1 Å². The van der Waals surface area contributed by atoms with Crippen LogP contribution < -0.4 is 0 Å². The maximum Gasteiger partial charge on any atom is 0.310 e. The van der Waals surface area contributed by atoms with E-state index in [2.05, 4.69) is 17.1 Å². The van der Waals surface area contributed by atoms with E-state index >= 15 is 0 Å². The highest BCUT2D eigenvalue weighted by Gasteiger charge is 2.56. The van der Waals surface area contributed by atoms with E-state index in [1.54, 1.807) is 0 Å². The molecule has 1 saturated heterocycles. The number of carbonyl (C=O) groups is 2. The summed E-state index contributed by atoms with van der Waals surface area (Å²) in [4.78, 5) is 26.3. The van der Waals surface area contributed by atoms with Gasteiger partial charge in [0.05, 0.1) is 12.0 Å². The van der Waals surface area contributed by atoms with Gasteiger partial charge in [0.2, 0.25) is 5.91 Å². The Kier molecular flexibility index (Phi) is 2.56. The Labute approximate surface area is 118 Å². The van der Waals surface area contributed by atoms with Crippen molar-refractivity contribution in [2.24, 2.45) is 5.92 Å². The van der Waals surface area contributed by atoms with E-state index in [0.29, 0.717) is 19.4 Å². The summed E-state index contributed by atoms with van der Waals surface area (Å²) in [5, 5.41) is 0. The second-order valence-electron chi connectivity index (χ2n) is 6.27. The Morgan fingerprint density at radius 2 is 2.25 bits per heavy atom. The molecule has 4 rings (SSSR count). The first-order valence-electron chi connectivity index (χ1n) is 7.56. The van der Waals surface area contributed by atoms with Gasteiger partial charge in [0.25, 0.3) is 0 Å². The topological polar surface area (TPSA) is 46.6 Å². The SMILES string of the molecule is O=C1CC2=C(CCCN3C(=O)C[C@H]4C=CCC[C@@]243)CO1. The van der Waals surface area contributed by atoms with Crippen molar-refractivity contribution in [2.45, 2.75) is 44.1 Å².